The molecule has 0 atom stereocenters. The number of rotatable bonds is 3. The van der Waals surface area contributed by atoms with Gasteiger partial charge in [-0.3, -0.25) is 0 Å². The smallest absolute Gasteiger partial charge is 0.0384 e. The highest BCUT2D eigenvalue weighted by Crippen LogP contribution is 2.08. The lowest BCUT2D eigenvalue weighted by atomic mass is 10.3. The summed E-state index contributed by atoms with van der Waals surface area (Å²) < 4.78 is 0. The van der Waals surface area contributed by atoms with Crippen LogP contribution in [0.15, 0.2) is 54.8 Å². The second-order valence-electron chi connectivity index (χ2n) is 2.44. The number of hydrogen-bond acceptors (Lipinski definition) is 1. The lowest BCUT2D eigenvalue weighted by molar-refractivity contribution is 1.45. The summed E-state index contributed by atoms with van der Waals surface area (Å²) in [6, 6.07) is 10.0. The molecular formula is C17H33N. The zero-order valence-electron chi connectivity index (χ0n) is 13.2. The van der Waals surface area contributed by atoms with Gasteiger partial charge in [-0.2, -0.15) is 0 Å². The zero-order chi connectivity index (χ0) is 14.8. The fraction of sp³-hybridized carbons (Fsp3) is 0.412. The van der Waals surface area contributed by atoms with Crippen LogP contribution in [0.3, 0.4) is 0 Å². The molecule has 0 fully saturated rings. The zero-order valence-corrected chi connectivity index (χ0v) is 13.2. The van der Waals surface area contributed by atoms with E-state index in [1.165, 1.54) is 0 Å². The molecule has 0 aliphatic rings. The van der Waals surface area contributed by atoms with E-state index in [0.29, 0.717) is 0 Å². The van der Waals surface area contributed by atoms with Crippen LogP contribution in [0.5, 0.6) is 0 Å². The molecule has 1 nitrogen and oxygen atoms in total. The maximum Gasteiger partial charge on any atom is 0.0384 e. The van der Waals surface area contributed by atoms with Gasteiger partial charge in [-0.25, -0.2) is 0 Å². The Morgan fingerprint density at radius 2 is 1.44 bits per heavy atom. The van der Waals surface area contributed by atoms with E-state index in [0.717, 1.165) is 11.4 Å². The van der Waals surface area contributed by atoms with Gasteiger partial charge < -0.3 is 5.32 Å². The van der Waals surface area contributed by atoms with E-state index in [4.69, 9.17) is 0 Å². The van der Waals surface area contributed by atoms with Gasteiger partial charge in [0.15, 0.2) is 0 Å². The van der Waals surface area contributed by atoms with Crippen molar-refractivity contribution in [3.63, 3.8) is 0 Å². The molecule has 0 saturated carbocycles. The minimum absolute atomic E-state index is 0. The van der Waals surface area contributed by atoms with Gasteiger partial charge in [0.1, 0.15) is 0 Å². The third-order valence-corrected chi connectivity index (χ3v) is 1.59. The summed E-state index contributed by atoms with van der Waals surface area (Å²) in [7, 11) is 0. The molecule has 18 heavy (non-hydrogen) atoms. The highest BCUT2D eigenvalue weighted by atomic mass is 14.9. The van der Waals surface area contributed by atoms with Crippen LogP contribution in [0.2, 0.25) is 0 Å². The van der Waals surface area contributed by atoms with E-state index in [1.807, 2.05) is 84.9 Å². The normalized spacial score (nSPS) is 8.28. The van der Waals surface area contributed by atoms with Crippen molar-refractivity contribution >= 4 is 5.69 Å². The van der Waals surface area contributed by atoms with Crippen molar-refractivity contribution in [1.29, 1.82) is 0 Å². The third-order valence-electron chi connectivity index (χ3n) is 1.59. The molecule has 1 aromatic carbocycles. The SMILES string of the molecule is C=C/C(=C\C)Nc1ccccc1.CC.CC.CC.[HH]. The second-order valence-corrected chi connectivity index (χ2v) is 2.44. The Labute approximate surface area is 116 Å². The molecule has 0 spiro atoms. The Kier molecular flexibility index (Phi) is 25.2. The quantitative estimate of drug-likeness (QED) is 0.603. The van der Waals surface area contributed by atoms with Gasteiger partial charge >= 0.3 is 0 Å². The summed E-state index contributed by atoms with van der Waals surface area (Å²) in [6.07, 6.45) is 3.78. The fourth-order valence-corrected chi connectivity index (χ4v) is 0.929. The Hall–Kier alpha value is -1.50. The Morgan fingerprint density at radius 3 is 1.78 bits per heavy atom. The maximum atomic E-state index is 3.70. The number of nitrogens with one attached hydrogen (secondary N) is 1. The van der Waals surface area contributed by atoms with Crippen LogP contribution in [0, 0.1) is 0 Å². The first kappa shape index (κ1) is 21.8. The molecule has 0 amide bonds. The van der Waals surface area contributed by atoms with Crippen molar-refractivity contribution in [2.24, 2.45) is 0 Å². The molecule has 0 heterocycles. The summed E-state index contributed by atoms with van der Waals surface area (Å²) in [5.41, 5.74) is 2.12. The minimum Gasteiger partial charge on any atom is -0.356 e. The molecule has 1 aromatic rings. The van der Waals surface area contributed by atoms with E-state index in [-0.39, 0.29) is 1.43 Å². The van der Waals surface area contributed by atoms with Crippen molar-refractivity contribution in [1.82, 2.24) is 0 Å². The van der Waals surface area contributed by atoms with Gasteiger partial charge in [0.25, 0.3) is 0 Å². The summed E-state index contributed by atoms with van der Waals surface area (Å²) in [5.74, 6) is 0. The summed E-state index contributed by atoms with van der Waals surface area (Å²) in [5, 5.41) is 3.22. The van der Waals surface area contributed by atoms with Crippen molar-refractivity contribution in [2.75, 3.05) is 5.32 Å². The topological polar surface area (TPSA) is 12.0 Å². The number of benzene rings is 1. The summed E-state index contributed by atoms with van der Waals surface area (Å²) in [6.45, 7) is 17.7. The molecule has 0 radical (unpaired) electrons. The van der Waals surface area contributed by atoms with Crippen LogP contribution in [-0.2, 0) is 0 Å². The molecule has 1 rings (SSSR count). The average Bonchev–Trinajstić information content (AvgIpc) is 2.52. The molecule has 0 saturated heterocycles. The summed E-state index contributed by atoms with van der Waals surface area (Å²) >= 11 is 0. The van der Waals surface area contributed by atoms with E-state index < -0.39 is 0 Å². The van der Waals surface area contributed by atoms with Gasteiger partial charge in [-0.1, -0.05) is 72.4 Å². The molecule has 0 aliphatic carbocycles. The largest absolute Gasteiger partial charge is 0.356 e. The minimum atomic E-state index is 0. The first-order valence-electron chi connectivity index (χ1n) is 6.97. The number of allylic oxidation sites excluding steroid dienone is 2. The average molecular weight is 251 g/mol. The van der Waals surface area contributed by atoms with Crippen LogP contribution in [-0.4, -0.2) is 0 Å². The first-order valence-corrected chi connectivity index (χ1v) is 6.97. The highest BCUT2D eigenvalue weighted by molar-refractivity contribution is 5.49. The van der Waals surface area contributed by atoms with E-state index in [9.17, 15) is 0 Å². The predicted molar refractivity (Wildman–Crippen MR) is 90.2 cm³/mol. The highest BCUT2D eigenvalue weighted by Gasteiger charge is 1.89. The molecule has 106 valence electrons. The van der Waals surface area contributed by atoms with Crippen LogP contribution in [0.25, 0.3) is 0 Å². The molecule has 0 bridgehead atoms. The number of anilines is 1. The van der Waals surface area contributed by atoms with Crippen LogP contribution in [0.1, 0.15) is 49.9 Å². The van der Waals surface area contributed by atoms with E-state index in [2.05, 4.69) is 11.9 Å². The lowest BCUT2D eigenvalue weighted by Gasteiger charge is -2.05. The number of para-hydroxylation sites is 1. The van der Waals surface area contributed by atoms with Gasteiger partial charge in [-0.05, 0) is 25.1 Å². The Morgan fingerprint density at radius 1 is 1.00 bits per heavy atom. The van der Waals surface area contributed by atoms with Crippen molar-refractivity contribution in [2.45, 2.75) is 48.5 Å². The van der Waals surface area contributed by atoms with Crippen molar-refractivity contribution in [3.8, 4) is 0 Å². The Balaban J connectivity index is -0.000000142. The van der Waals surface area contributed by atoms with Gasteiger partial charge in [-0.15, -0.1) is 0 Å². The van der Waals surface area contributed by atoms with Gasteiger partial charge in [0.2, 0.25) is 0 Å². The van der Waals surface area contributed by atoms with Crippen molar-refractivity contribution < 1.29 is 1.43 Å². The molecule has 0 unspecified atom stereocenters. The maximum absolute atomic E-state index is 3.70. The first-order chi connectivity index (χ1) is 8.86. The van der Waals surface area contributed by atoms with E-state index >= 15 is 0 Å². The Bertz CT molecular complexity index is 279. The molecule has 1 heteroatoms. The molecular weight excluding hydrogens is 218 g/mol. The monoisotopic (exact) mass is 251 g/mol. The fourth-order valence-electron chi connectivity index (χ4n) is 0.929. The standard InChI is InChI=1S/C11H13N.3C2H6.H2/c1-3-10(4-2)12-11-8-6-5-7-9-11;3*1-2;/h3-9,12H,1H2,2H3;3*1-2H3;1H/b10-4+;;;;. The van der Waals surface area contributed by atoms with Crippen LogP contribution in [0.4, 0.5) is 5.69 Å². The summed E-state index contributed by atoms with van der Waals surface area (Å²) in [4.78, 5) is 0. The lowest BCUT2D eigenvalue weighted by Crippen LogP contribution is -1.94. The molecule has 1 N–H and O–H groups in total. The van der Waals surface area contributed by atoms with Crippen LogP contribution < -0.4 is 5.32 Å². The van der Waals surface area contributed by atoms with Crippen molar-refractivity contribution in [3.05, 3.63) is 54.8 Å². The van der Waals surface area contributed by atoms with Gasteiger partial charge in [0.05, 0.1) is 0 Å². The molecule has 0 aliphatic heterocycles. The number of hydrogen-bond donors (Lipinski definition) is 1. The van der Waals surface area contributed by atoms with Gasteiger partial charge in [0, 0.05) is 12.8 Å². The second kappa shape index (κ2) is 20.9. The third kappa shape index (κ3) is 12.6. The predicted octanol–water partition coefficient (Wildman–Crippen LogP) is 6.51. The van der Waals surface area contributed by atoms with E-state index in [1.54, 1.807) is 6.08 Å². The van der Waals surface area contributed by atoms with Crippen LogP contribution >= 0.6 is 0 Å². The molecule has 0 aromatic heterocycles.